The molecule has 5 heteroatoms. The Labute approximate surface area is 162 Å². The fourth-order valence-electron chi connectivity index (χ4n) is 3.85. The van der Waals surface area contributed by atoms with Gasteiger partial charge in [0.05, 0.1) is 12.6 Å². The van der Waals surface area contributed by atoms with E-state index in [9.17, 15) is 9.59 Å². The lowest BCUT2D eigenvalue weighted by atomic mass is 9.95. The van der Waals surface area contributed by atoms with E-state index in [-0.39, 0.29) is 29.8 Å². The fraction of sp³-hybridized carbons (Fsp3) is 0.636. The van der Waals surface area contributed by atoms with Crippen molar-refractivity contribution in [2.24, 2.45) is 11.8 Å². The van der Waals surface area contributed by atoms with Gasteiger partial charge in [0.15, 0.2) is 0 Å². The van der Waals surface area contributed by atoms with Gasteiger partial charge in [-0.15, -0.1) is 0 Å². The van der Waals surface area contributed by atoms with E-state index in [1.54, 1.807) is 0 Å². The summed E-state index contributed by atoms with van der Waals surface area (Å²) in [6.45, 7) is 8.10. The Hall–Kier alpha value is -1.88. The molecule has 2 amide bonds. The molecule has 1 saturated heterocycles. The normalized spacial score (nSPS) is 19.7. The van der Waals surface area contributed by atoms with Crippen LogP contribution in [-0.2, 0) is 9.59 Å². The number of nitrogens with one attached hydrogen (secondary N) is 2. The second kappa shape index (κ2) is 8.87. The summed E-state index contributed by atoms with van der Waals surface area (Å²) in [7, 11) is 0. The zero-order valence-electron chi connectivity index (χ0n) is 16.8. The zero-order chi connectivity index (χ0) is 19.4. The van der Waals surface area contributed by atoms with Crippen LogP contribution in [0.2, 0.25) is 0 Å². The number of hydrogen-bond acceptors (Lipinski definition) is 3. The molecular weight excluding hydrogens is 338 g/mol. The van der Waals surface area contributed by atoms with Crippen molar-refractivity contribution >= 4 is 11.8 Å². The maximum atomic E-state index is 12.6. The number of aryl methyl sites for hydroxylation is 1. The topological polar surface area (TPSA) is 61.4 Å². The average molecular weight is 372 g/mol. The first-order chi connectivity index (χ1) is 12.9. The minimum absolute atomic E-state index is 0.0819. The smallest absolute Gasteiger partial charge is 0.234 e. The second-order valence-electron chi connectivity index (χ2n) is 8.51. The molecule has 1 aromatic carbocycles. The van der Waals surface area contributed by atoms with Crippen molar-refractivity contribution in [3.63, 3.8) is 0 Å². The van der Waals surface area contributed by atoms with Crippen LogP contribution in [0.4, 0.5) is 0 Å². The first-order valence-electron chi connectivity index (χ1n) is 10.3. The van der Waals surface area contributed by atoms with Crippen molar-refractivity contribution in [3.05, 3.63) is 35.4 Å². The molecule has 5 nitrogen and oxygen atoms in total. The monoisotopic (exact) mass is 371 g/mol. The molecule has 2 N–H and O–H groups in total. The van der Waals surface area contributed by atoms with Gasteiger partial charge in [-0.3, -0.25) is 14.5 Å². The van der Waals surface area contributed by atoms with Crippen molar-refractivity contribution in [1.82, 2.24) is 15.5 Å². The van der Waals surface area contributed by atoms with E-state index in [2.05, 4.69) is 46.7 Å². The Morgan fingerprint density at radius 2 is 1.67 bits per heavy atom. The molecule has 27 heavy (non-hydrogen) atoms. The van der Waals surface area contributed by atoms with Crippen LogP contribution in [0.3, 0.4) is 0 Å². The van der Waals surface area contributed by atoms with Crippen LogP contribution in [-0.4, -0.2) is 42.4 Å². The van der Waals surface area contributed by atoms with Gasteiger partial charge in [0.2, 0.25) is 11.8 Å². The van der Waals surface area contributed by atoms with E-state index < -0.39 is 0 Å². The third kappa shape index (κ3) is 5.80. The Morgan fingerprint density at radius 3 is 2.22 bits per heavy atom. The van der Waals surface area contributed by atoms with Crippen LogP contribution in [0.1, 0.15) is 56.7 Å². The van der Waals surface area contributed by atoms with Crippen molar-refractivity contribution in [2.75, 3.05) is 19.6 Å². The summed E-state index contributed by atoms with van der Waals surface area (Å²) in [4.78, 5) is 26.9. The minimum atomic E-state index is 0.0819. The molecule has 3 rings (SSSR count). The maximum Gasteiger partial charge on any atom is 0.234 e. The van der Waals surface area contributed by atoms with Gasteiger partial charge in [-0.25, -0.2) is 0 Å². The lowest BCUT2D eigenvalue weighted by Gasteiger charge is -2.31. The van der Waals surface area contributed by atoms with Crippen molar-refractivity contribution in [1.29, 1.82) is 0 Å². The molecular formula is C22H33N3O2. The Balaban J connectivity index is 1.47. The Morgan fingerprint density at radius 1 is 1.04 bits per heavy atom. The van der Waals surface area contributed by atoms with Crippen molar-refractivity contribution in [3.8, 4) is 0 Å². The molecule has 1 saturated carbocycles. The molecule has 0 spiro atoms. The number of piperidine rings is 1. The molecule has 1 aliphatic heterocycles. The van der Waals surface area contributed by atoms with E-state index in [0.29, 0.717) is 12.5 Å². The molecule has 1 aromatic rings. The minimum Gasteiger partial charge on any atom is -0.354 e. The van der Waals surface area contributed by atoms with Gasteiger partial charge in [-0.05, 0) is 71.0 Å². The van der Waals surface area contributed by atoms with Gasteiger partial charge in [0.1, 0.15) is 0 Å². The highest BCUT2D eigenvalue weighted by Gasteiger charge is 2.34. The van der Waals surface area contributed by atoms with Crippen LogP contribution < -0.4 is 10.6 Å². The summed E-state index contributed by atoms with van der Waals surface area (Å²) < 4.78 is 0. The summed E-state index contributed by atoms with van der Waals surface area (Å²) in [6.07, 6.45) is 4.04. The van der Waals surface area contributed by atoms with Gasteiger partial charge < -0.3 is 10.6 Å². The predicted molar refractivity (Wildman–Crippen MR) is 107 cm³/mol. The summed E-state index contributed by atoms with van der Waals surface area (Å²) in [5, 5.41) is 6.26. The van der Waals surface area contributed by atoms with E-state index in [4.69, 9.17) is 0 Å². The summed E-state index contributed by atoms with van der Waals surface area (Å²) in [5.74, 6) is 0.903. The molecule has 1 heterocycles. The number of nitrogens with zero attached hydrogens (tertiary/aromatic N) is 1. The van der Waals surface area contributed by atoms with E-state index in [1.807, 2.05) is 13.8 Å². The first-order valence-corrected chi connectivity index (χ1v) is 10.3. The van der Waals surface area contributed by atoms with Crippen LogP contribution in [0.5, 0.6) is 0 Å². The number of hydrogen-bond donors (Lipinski definition) is 2. The van der Waals surface area contributed by atoms with Crippen LogP contribution >= 0.6 is 0 Å². The van der Waals surface area contributed by atoms with Gasteiger partial charge in [0.25, 0.3) is 0 Å². The van der Waals surface area contributed by atoms with Crippen LogP contribution in [0.15, 0.2) is 24.3 Å². The van der Waals surface area contributed by atoms with Crippen molar-refractivity contribution < 1.29 is 9.59 Å². The molecule has 1 atom stereocenters. The van der Waals surface area contributed by atoms with E-state index >= 15 is 0 Å². The average Bonchev–Trinajstić information content (AvgIpc) is 3.45. The lowest BCUT2D eigenvalue weighted by Crippen LogP contribution is -2.46. The third-order valence-electron chi connectivity index (χ3n) is 5.60. The predicted octanol–water partition coefficient (Wildman–Crippen LogP) is 2.80. The van der Waals surface area contributed by atoms with Crippen molar-refractivity contribution in [2.45, 2.75) is 58.5 Å². The third-order valence-corrected chi connectivity index (χ3v) is 5.60. The number of amides is 2. The lowest BCUT2D eigenvalue weighted by molar-refractivity contribution is -0.127. The van der Waals surface area contributed by atoms with Gasteiger partial charge in [-0.1, -0.05) is 29.8 Å². The van der Waals surface area contributed by atoms with Gasteiger partial charge >= 0.3 is 0 Å². The number of rotatable bonds is 7. The highest BCUT2D eigenvalue weighted by atomic mass is 16.2. The molecule has 1 aliphatic carbocycles. The standard InChI is InChI=1S/C22H33N3O2/c1-15(2)23-22(27)19-10-12-25(13-11-19)14-20(26)24-21(18-8-9-18)17-6-4-16(3)5-7-17/h4-7,15,18-19,21H,8-14H2,1-3H3,(H,23,27)(H,24,26). The Bertz CT molecular complexity index is 644. The van der Waals surface area contributed by atoms with Crippen LogP contribution in [0, 0.1) is 18.8 Å². The molecule has 0 radical (unpaired) electrons. The highest BCUT2D eigenvalue weighted by Crippen LogP contribution is 2.41. The van der Waals surface area contributed by atoms with E-state index in [1.165, 1.54) is 24.0 Å². The molecule has 0 aromatic heterocycles. The second-order valence-corrected chi connectivity index (χ2v) is 8.51. The van der Waals surface area contributed by atoms with Gasteiger partial charge in [-0.2, -0.15) is 0 Å². The first kappa shape index (κ1) is 19.9. The number of likely N-dealkylation sites (tertiary alicyclic amines) is 1. The van der Waals surface area contributed by atoms with Gasteiger partial charge in [0, 0.05) is 12.0 Å². The molecule has 1 unspecified atom stereocenters. The Kier molecular flexibility index (Phi) is 6.53. The SMILES string of the molecule is Cc1ccc(C(NC(=O)CN2CCC(C(=O)NC(C)C)CC2)C2CC2)cc1. The summed E-state index contributed by atoms with van der Waals surface area (Å²) in [6, 6.07) is 8.82. The zero-order valence-corrected chi connectivity index (χ0v) is 16.8. The highest BCUT2D eigenvalue weighted by molar-refractivity contribution is 5.80. The number of carbonyl (C=O) groups is 2. The molecule has 2 fully saturated rings. The fourth-order valence-corrected chi connectivity index (χ4v) is 3.85. The molecule has 0 bridgehead atoms. The van der Waals surface area contributed by atoms with E-state index in [0.717, 1.165) is 25.9 Å². The number of carbonyl (C=O) groups excluding carboxylic acids is 2. The molecule has 2 aliphatic rings. The number of benzene rings is 1. The largest absolute Gasteiger partial charge is 0.354 e. The van der Waals surface area contributed by atoms with Crippen LogP contribution in [0.25, 0.3) is 0 Å². The molecule has 148 valence electrons. The summed E-state index contributed by atoms with van der Waals surface area (Å²) >= 11 is 0. The quantitative estimate of drug-likeness (QED) is 0.775. The maximum absolute atomic E-state index is 12.6. The summed E-state index contributed by atoms with van der Waals surface area (Å²) in [5.41, 5.74) is 2.45.